The molecule has 2 N–H and O–H groups in total. The van der Waals surface area contributed by atoms with Crippen LogP contribution in [0.1, 0.15) is 11.1 Å². The van der Waals surface area contributed by atoms with Crippen molar-refractivity contribution in [3.8, 4) is 0 Å². The van der Waals surface area contributed by atoms with Crippen LogP contribution in [-0.2, 0) is 12.3 Å². The number of nitrogens with two attached hydrogens (primary N) is 1. The second-order valence-electron chi connectivity index (χ2n) is 3.88. The number of thioether (sulfide) groups is 1. The number of rotatable bonds is 4. The van der Waals surface area contributed by atoms with Gasteiger partial charge in [0.15, 0.2) is 0 Å². The Balaban J connectivity index is 2.06. The van der Waals surface area contributed by atoms with Crippen LogP contribution in [0.25, 0.3) is 0 Å². The highest BCUT2D eigenvalue weighted by molar-refractivity contribution is 9.10. The van der Waals surface area contributed by atoms with E-state index in [0.717, 1.165) is 26.4 Å². The first-order valence-corrected chi connectivity index (χ1v) is 7.70. The van der Waals surface area contributed by atoms with Crippen molar-refractivity contribution >= 4 is 39.3 Å². The molecule has 0 aliphatic heterocycles. The number of benzene rings is 2. The lowest BCUT2D eigenvalue weighted by Crippen LogP contribution is -1.96. The third-order valence-corrected chi connectivity index (χ3v) is 4.43. The molecule has 0 saturated heterocycles. The molecule has 0 aromatic heterocycles. The lowest BCUT2D eigenvalue weighted by molar-refractivity contribution is 1.07. The van der Waals surface area contributed by atoms with Gasteiger partial charge >= 0.3 is 0 Å². The molecule has 2 aromatic rings. The lowest BCUT2D eigenvalue weighted by Gasteiger charge is -2.06. The fourth-order valence-corrected chi connectivity index (χ4v) is 3.41. The Morgan fingerprint density at radius 3 is 2.67 bits per heavy atom. The summed E-state index contributed by atoms with van der Waals surface area (Å²) in [5.41, 5.74) is 7.79. The Labute approximate surface area is 125 Å². The van der Waals surface area contributed by atoms with Crippen LogP contribution in [0.2, 0.25) is 5.02 Å². The summed E-state index contributed by atoms with van der Waals surface area (Å²) in [7, 11) is 0. The first-order chi connectivity index (χ1) is 8.69. The average Bonchev–Trinajstić information content (AvgIpc) is 2.37. The van der Waals surface area contributed by atoms with Gasteiger partial charge < -0.3 is 5.73 Å². The summed E-state index contributed by atoms with van der Waals surface area (Å²) >= 11 is 11.5. The summed E-state index contributed by atoms with van der Waals surface area (Å²) in [6, 6.07) is 14.3. The van der Waals surface area contributed by atoms with Crippen LogP contribution in [0, 0.1) is 0 Å². The SMILES string of the molecule is NCc1ccc(CSc2cccc(Br)c2)c(Cl)c1. The second kappa shape index (κ2) is 6.62. The van der Waals surface area contributed by atoms with Crippen molar-refractivity contribution in [3.05, 3.63) is 63.1 Å². The maximum Gasteiger partial charge on any atom is 0.0449 e. The van der Waals surface area contributed by atoms with Crippen molar-refractivity contribution in [1.82, 2.24) is 0 Å². The third kappa shape index (κ3) is 3.75. The summed E-state index contributed by atoms with van der Waals surface area (Å²) in [6.45, 7) is 0.527. The van der Waals surface area contributed by atoms with Crippen LogP contribution in [0.4, 0.5) is 0 Å². The van der Waals surface area contributed by atoms with E-state index in [-0.39, 0.29) is 0 Å². The molecule has 2 aromatic carbocycles. The molecule has 0 bridgehead atoms. The highest BCUT2D eigenvalue weighted by Crippen LogP contribution is 2.28. The molecule has 4 heteroatoms. The zero-order valence-electron chi connectivity index (χ0n) is 9.70. The van der Waals surface area contributed by atoms with E-state index in [4.69, 9.17) is 17.3 Å². The first-order valence-electron chi connectivity index (χ1n) is 5.55. The molecule has 0 atom stereocenters. The van der Waals surface area contributed by atoms with Gasteiger partial charge in [0.05, 0.1) is 0 Å². The quantitative estimate of drug-likeness (QED) is 0.803. The maximum absolute atomic E-state index is 6.23. The van der Waals surface area contributed by atoms with Crippen LogP contribution in [0.5, 0.6) is 0 Å². The highest BCUT2D eigenvalue weighted by atomic mass is 79.9. The van der Waals surface area contributed by atoms with E-state index >= 15 is 0 Å². The molecule has 0 saturated carbocycles. The van der Waals surface area contributed by atoms with Gasteiger partial charge in [-0.2, -0.15) is 0 Å². The molecule has 94 valence electrons. The largest absolute Gasteiger partial charge is 0.326 e. The van der Waals surface area contributed by atoms with Crippen LogP contribution in [-0.4, -0.2) is 0 Å². The third-order valence-electron chi connectivity index (χ3n) is 2.54. The summed E-state index contributed by atoms with van der Waals surface area (Å²) in [4.78, 5) is 1.23. The number of hydrogen-bond acceptors (Lipinski definition) is 2. The van der Waals surface area contributed by atoms with Crippen molar-refractivity contribution in [2.75, 3.05) is 0 Å². The first kappa shape index (κ1) is 13.9. The summed E-state index contributed by atoms with van der Waals surface area (Å²) < 4.78 is 1.09. The molecule has 0 amide bonds. The highest BCUT2D eigenvalue weighted by Gasteiger charge is 2.03. The predicted octanol–water partition coefficient (Wildman–Crippen LogP) is 4.85. The van der Waals surface area contributed by atoms with Gasteiger partial charge in [-0.05, 0) is 35.4 Å². The Hall–Kier alpha value is -0.480. The molecule has 0 unspecified atom stereocenters. The minimum absolute atomic E-state index is 0.527. The lowest BCUT2D eigenvalue weighted by atomic mass is 10.1. The van der Waals surface area contributed by atoms with E-state index in [2.05, 4.69) is 34.1 Å². The number of hydrogen-bond donors (Lipinski definition) is 1. The van der Waals surface area contributed by atoms with Crippen molar-refractivity contribution in [2.24, 2.45) is 5.73 Å². The predicted molar refractivity (Wildman–Crippen MR) is 83.0 cm³/mol. The van der Waals surface area contributed by atoms with E-state index in [1.165, 1.54) is 4.90 Å². The molecule has 18 heavy (non-hydrogen) atoms. The van der Waals surface area contributed by atoms with Gasteiger partial charge in [0, 0.05) is 26.7 Å². The van der Waals surface area contributed by atoms with Gasteiger partial charge in [-0.15, -0.1) is 11.8 Å². The van der Waals surface area contributed by atoms with Crippen LogP contribution < -0.4 is 5.73 Å². The molecule has 0 spiro atoms. The van der Waals surface area contributed by atoms with Crippen molar-refractivity contribution < 1.29 is 0 Å². The average molecular weight is 343 g/mol. The number of halogens is 2. The minimum atomic E-state index is 0.527. The topological polar surface area (TPSA) is 26.0 Å². The fourth-order valence-electron chi connectivity index (χ4n) is 1.55. The minimum Gasteiger partial charge on any atom is -0.326 e. The van der Waals surface area contributed by atoms with E-state index in [1.807, 2.05) is 24.3 Å². The van der Waals surface area contributed by atoms with Crippen LogP contribution in [0.3, 0.4) is 0 Å². The zero-order valence-corrected chi connectivity index (χ0v) is 12.9. The van der Waals surface area contributed by atoms with Crippen LogP contribution in [0.15, 0.2) is 51.8 Å². The maximum atomic E-state index is 6.23. The van der Waals surface area contributed by atoms with Crippen molar-refractivity contribution in [1.29, 1.82) is 0 Å². The molecule has 2 rings (SSSR count). The molecule has 0 aliphatic carbocycles. The van der Waals surface area contributed by atoms with Gasteiger partial charge in [0.2, 0.25) is 0 Å². The van der Waals surface area contributed by atoms with Crippen molar-refractivity contribution in [3.63, 3.8) is 0 Å². The standard InChI is InChI=1S/C14H13BrClNS/c15-12-2-1-3-13(7-12)18-9-11-5-4-10(8-17)6-14(11)16/h1-7H,8-9,17H2. The fraction of sp³-hybridized carbons (Fsp3) is 0.143. The van der Waals surface area contributed by atoms with Gasteiger partial charge in [-0.25, -0.2) is 0 Å². The monoisotopic (exact) mass is 341 g/mol. The van der Waals surface area contributed by atoms with Crippen LogP contribution >= 0.6 is 39.3 Å². The molecule has 0 fully saturated rings. The smallest absolute Gasteiger partial charge is 0.0449 e. The Bertz CT molecular complexity index is 545. The van der Waals surface area contributed by atoms with E-state index in [1.54, 1.807) is 11.8 Å². The van der Waals surface area contributed by atoms with E-state index in [0.29, 0.717) is 6.54 Å². The van der Waals surface area contributed by atoms with Gasteiger partial charge in [-0.3, -0.25) is 0 Å². The summed E-state index contributed by atoms with van der Waals surface area (Å²) in [5.74, 6) is 0.861. The van der Waals surface area contributed by atoms with E-state index in [9.17, 15) is 0 Å². The molecule has 0 radical (unpaired) electrons. The van der Waals surface area contributed by atoms with Gasteiger partial charge in [0.25, 0.3) is 0 Å². The molecule has 1 nitrogen and oxygen atoms in total. The Morgan fingerprint density at radius 2 is 2.00 bits per heavy atom. The van der Waals surface area contributed by atoms with Gasteiger partial charge in [-0.1, -0.05) is 45.7 Å². The van der Waals surface area contributed by atoms with Crippen molar-refractivity contribution in [2.45, 2.75) is 17.2 Å². The Kier molecular flexibility index (Phi) is 5.13. The molecule has 0 aliphatic rings. The summed E-state index contributed by atoms with van der Waals surface area (Å²) in [5, 5.41) is 0.792. The van der Waals surface area contributed by atoms with Gasteiger partial charge in [0.1, 0.15) is 0 Å². The summed E-state index contributed by atoms with van der Waals surface area (Å²) in [6.07, 6.45) is 0. The van der Waals surface area contributed by atoms with E-state index < -0.39 is 0 Å². The normalized spacial score (nSPS) is 10.6. The zero-order chi connectivity index (χ0) is 13.0. The second-order valence-corrected chi connectivity index (χ2v) is 6.25. The molecular formula is C14H13BrClNS. The molecule has 0 heterocycles. The molecular weight excluding hydrogens is 330 g/mol. The Morgan fingerprint density at radius 1 is 1.17 bits per heavy atom.